The van der Waals surface area contributed by atoms with Crippen molar-refractivity contribution < 1.29 is 4.74 Å². The van der Waals surface area contributed by atoms with E-state index in [1.165, 1.54) is 45.1 Å². The Kier molecular flexibility index (Phi) is 5.05. The maximum Gasteiger partial charge on any atom is 0.0586 e. The standard InChI is InChI=1S/C15H30N2O/c1-4-15(5-2)12-16-9-10-17(15)13-7-6-8-14(11-13)18-3/h13-14,16H,4-12H2,1-3H3. The smallest absolute Gasteiger partial charge is 0.0586 e. The van der Waals surface area contributed by atoms with Crippen molar-refractivity contribution >= 4 is 0 Å². The van der Waals surface area contributed by atoms with Crippen LogP contribution in [0.3, 0.4) is 0 Å². The second-order valence-electron chi connectivity index (χ2n) is 5.98. The molecule has 0 aromatic rings. The highest BCUT2D eigenvalue weighted by molar-refractivity contribution is 4.98. The fraction of sp³-hybridized carbons (Fsp3) is 1.00. The highest BCUT2D eigenvalue weighted by atomic mass is 16.5. The first-order valence-electron chi connectivity index (χ1n) is 7.76. The third kappa shape index (κ3) is 2.73. The number of hydrogen-bond donors (Lipinski definition) is 1. The summed E-state index contributed by atoms with van der Waals surface area (Å²) in [5.74, 6) is 0. The Morgan fingerprint density at radius 2 is 2.06 bits per heavy atom. The van der Waals surface area contributed by atoms with E-state index in [2.05, 4.69) is 24.1 Å². The molecule has 1 aliphatic heterocycles. The predicted octanol–water partition coefficient (Wildman–Crippen LogP) is 2.41. The van der Waals surface area contributed by atoms with E-state index in [0.717, 1.165) is 19.1 Å². The summed E-state index contributed by atoms with van der Waals surface area (Å²) in [4.78, 5) is 2.81. The van der Waals surface area contributed by atoms with Gasteiger partial charge >= 0.3 is 0 Å². The monoisotopic (exact) mass is 254 g/mol. The van der Waals surface area contributed by atoms with Gasteiger partial charge in [-0.15, -0.1) is 0 Å². The fourth-order valence-electron chi connectivity index (χ4n) is 3.95. The number of hydrogen-bond acceptors (Lipinski definition) is 3. The van der Waals surface area contributed by atoms with E-state index < -0.39 is 0 Å². The summed E-state index contributed by atoms with van der Waals surface area (Å²) in [5, 5.41) is 3.60. The van der Waals surface area contributed by atoms with E-state index in [1.807, 2.05) is 7.11 Å². The number of nitrogens with zero attached hydrogens (tertiary/aromatic N) is 1. The fourth-order valence-corrected chi connectivity index (χ4v) is 3.95. The predicted molar refractivity (Wildman–Crippen MR) is 75.9 cm³/mol. The molecule has 0 aromatic carbocycles. The zero-order valence-corrected chi connectivity index (χ0v) is 12.4. The van der Waals surface area contributed by atoms with Crippen LogP contribution in [0.5, 0.6) is 0 Å². The van der Waals surface area contributed by atoms with Crippen LogP contribution < -0.4 is 5.32 Å². The van der Waals surface area contributed by atoms with Gasteiger partial charge in [0.1, 0.15) is 0 Å². The molecule has 106 valence electrons. The summed E-state index contributed by atoms with van der Waals surface area (Å²) in [6.45, 7) is 8.22. The van der Waals surface area contributed by atoms with Gasteiger partial charge in [0.25, 0.3) is 0 Å². The molecule has 1 aliphatic carbocycles. The number of piperazine rings is 1. The summed E-state index contributed by atoms with van der Waals surface area (Å²) >= 11 is 0. The van der Waals surface area contributed by atoms with Gasteiger partial charge in [-0.2, -0.15) is 0 Å². The maximum absolute atomic E-state index is 5.61. The largest absolute Gasteiger partial charge is 0.381 e. The van der Waals surface area contributed by atoms with Crippen LogP contribution >= 0.6 is 0 Å². The Hall–Kier alpha value is -0.120. The molecule has 0 amide bonds. The van der Waals surface area contributed by atoms with Crippen LogP contribution in [0.25, 0.3) is 0 Å². The molecule has 0 bridgehead atoms. The normalized spacial score (nSPS) is 33.5. The molecule has 2 unspecified atom stereocenters. The van der Waals surface area contributed by atoms with Gasteiger partial charge in [0.2, 0.25) is 0 Å². The molecule has 3 nitrogen and oxygen atoms in total. The third-order valence-corrected chi connectivity index (χ3v) is 5.28. The van der Waals surface area contributed by atoms with Crippen molar-refractivity contribution in [1.82, 2.24) is 10.2 Å². The van der Waals surface area contributed by atoms with E-state index in [4.69, 9.17) is 4.74 Å². The zero-order valence-electron chi connectivity index (χ0n) is 12.4. The van der Waals surface area contributed by atoms with Crippen molar-refractivity contribution in [1.29, 1.82) is 0 Å². The lowest BCUT2D eigenvalue weighted by atomic mass is 9.83. The first kappa shape index (κ1) is 14.3. The Morgan fingerprint density at radius 3 is 2.72 bits per heavy atom. The third-order valence-electron chi connectivity index (χ3n) is 5.28. The van der Waals surface area contributed by atoms with Gasteiger partial charge < -0.3 is 10.1 Å². The molecular formula is C15H30N2O. The second-order valence-corrected chi connectivity index (χ2v) is 5.98. The lowest BCUT2D eigenvalue weighted by Gasteiger charge is -2.52. The molecular weight excluding hydrogens is 224 g/mol. The number of ether oxygens (including phenoxy) is 1. The molecule has 0 radical (unpaired) electrons. The molecule has 1 heterocycles. The molecule has 18 heavy (non-hydrogen) atoms. The average Bonchev–Trinajstić information content (AvgIpc) is 2.47. The molecule has 2 fully saturated rings. The quantitative estimate of drug-likeness (QED) is 0.834. The Balaban J connectivity index is 2.08. The topological polar surface area (TPSA) is 24.5 Å². The molecule has 3 heteroatoms. The maximum atomic E-state index is 5.61. The van der Waals surface area contributed by atoms with Gasteiger partial charge in [-0.05, 0) is 38.5 Å². The van der Waals surface area contributed by atoms with Gasteiger partial charge in [-0.1, -0.05) is 13.8 Å². The molecule has 1 saturated heterocycles. The summed E-state index contributed by atoms with van der Waals surface area (Å²) < 4.78 is 5.61. The van der Waals surface area contributed by atoms with Gasteiger partial charge in [-0.3, -0.25) is 4.90 Å². The van der Waals surface area contributed by atoms with E-state index in [-0.39, 0.29) is 0 Å². The van der Waals surface area contributed by atoms with Crippen molar-refractivity contribution in [3.8, 4) is 0 Å². The van der Waals surface area contributed by atoms with Crippen LogP contribution in [0, 0.1) is 0 Å². The van der Waals surface area contributed by atoms with E-state index in [1.54, 1.807) is 0 Å². The second kappa shape index (κ2) is 6.36. The highest BCUT2D eigenvalue weighted by Gasteiger charge is 2.40. The first-order valence-corrected chi connectivity index (χ1v) is 7.76. The molecule has 2 atom stereocenters. The van der Waals surface area contributed by atoms with Crippen molar-refractivity contribution in [3.05, 3.63) is 0 Å². The zero-order chi connectivity index (χ0) is 13.0. The Labute approximate surface area is 112 Å². The highest BCUT2D eigenvalue weighted by Crippen LogP contribution is 2.34. The minimum Gasteiger partial charge on any atom is -0.381 e. The molecule has 1 N–H and O–H groups in total. The average molecular weight is 254 g/mol. The first-order chi connectivity index (χ1) is 8.75. The number of methoxy groups -OCH3 is 1. The molecule has 1 saturated carbocycles. The minimum absolute atomic E-state index is 0.387. The van der Waals surface area contributed by atoms with E-state index in [9.17, 15) is 0 Å². The van der Waals surface area contributed by atoms with Crippen LogP contribution in [0.15, 0.2) is 0 Å². The van der Waals surface area contributed by atoms with Crippen molar-refractivity contribution in [2.24, 2.45) is 0 Å². The summed E-state index contributed by atoms with van der Waals surface area (Å²) in [5.41, 5.74) is 0.387. The minimum atomic E-state index is 0.387. The van der Waals surface area contributed by atoms with Crippen LogP contribution in [-0.2, 0) is 4.74 Å². The summed E-state index contributed by atoms with van der Waals surface area (Å²) in [7, 11) is 1.87. The van der Waals surface area contributed by atoms with E-state index in [0.29, 0.717) is 11.6 Å². The van der Waals surface area contributed by atoms with Gasteiger partial charge in [0.15, 0.2) is 0 Å². The Bertz CT molecular complexity index is 253. The molecule has 0 aromatic heterocycles. The van der Waals surface area contributed by atoms with E-state index >= 15 is 0 Å². The summed E-state index contributed by atoms with van der Waals surface area (Å²) in [6.07, 6.45) is 8.18. The molecule has 0 spiro atoms. The van der Waals surface area contributed by atoms with Crippen molar-refractivity contribution in [3.63, 3.8) is 0 Å². The van der Waals surface area contributed by atoms with Gasteiger partial charge in [0, 0.05) is 38.3 Å². The number of rotatable bonds is 4. The van der Waals surface area contributed by atoms with Crippen molar-refractivity contribution in [2.75, 3.05) is 26.7 Å². The summed E-state index contributed by atoms with van der Waals surface area (Å²) in [6, 6.07) is 0.741. The lowest BCUT2D eigenvalue weighted by Crippen LogP contribution is -2.64. The van der Waals surface area contributed by atoms with Gasteiger partial charge in [0.05, 0.1) is 6.10 Å². The van der Waals surface area contributed by atoms with Crippen LogP contribution in [0.1, 0.15) is 52.4 Å². The van der Waals surface area contributed by atoms with Crippen LogP contribution in [0.4, 0.5) is 0 Å². The molecule has 2 aliphatic rings. The van der Waals surface area contributed by atoms with Crippen LogP contribution in [-0.4, -0.2) is 49.3 Å². The lowest BCUT2D eigenvalue weighted by molar-refractivity contribution is -0.0342. The van der Waals surface area contributed by atoms with Crippen LogP contribution in [0.2, 0.25) is 0 Å². The number of nitrogens with one attached hydrogen (secondary N) is 1. The Morgan fingerprint density at radius 1 is 1.28 bits per heavy atom. The van der Waals surface area contributed by atoms with Crippen molar-refractivity contribution in [2.45, 2.75) is 70.1 Å². The SMILES string of the molecule is CCC1(CC)CNCCN1C1CCCC(OC)C1. The van der Waals surface area contributed by atoms with Gasteiger partial charge in [-0.25, -0.2) is 0 Å². The molecule has 2 rings (SSSR count).